The van der Waals surface area contributed by atoms with Gasteiger partial charge < -0.3 is 0 Å². The van der Waals surface area contributed by atoms with Crippen LogP contribution in [0, 0.1) is 0 Å². The molecule has 0 amide bonds. The van der Waals surface area contributed by atoms with Crippen LogP contribution in [0.1, 0.15) is 0 Å². The van der Waals surface area contributed by atoms with Gasteiger partial charge in [-0.2, -0.15) is 0 Å². The number of rotatable bonds is 0. The normalized spacial score (nSPS) is 0. The van der Waals surface area contributed by atoms with Crippen molar-refractivity contribution >= 4 is 51.2 Å². The van der Waals surface area contributed by atoms with Gasteiger partial charge in [-0.3, -0.25) is 0 Å². The summed E-state index contributed by atoms with van der Waals surface area (Å²) in [6.07, 6.45) is 0. The quantitative estimate of drug-likeness (QED) is 0.273. The van der Waals surface area contributed by atoms with Crippen molar-refractivity contribution in [2.45, 2.75) is 0 Å². The van der Waals surface area contributed by atoms with E-state index in [1.807, 2.05) is 0 Å². The minimum atomic E-state index is 0. The van der Waals surface area contributed by atoms with E-state index in [9.17, 15) is 0 Å². The third kappa shape index (κ3) is 18.5. The summed E-state index contributed by atoms with van der Waals surface area (Å²) in [7, 11) is 0. The van der Waals surface area contributed by atoms with Gasteiger partial charge in [0.1, 0.15) is 0 Å². The number of hydrogen-bond acceptors (Lipinski definition) is 0. The Morgan fingerprint density at radius 1 is 1.00 bits per heavy atom. The zero-order valence-electron chi connectivity index (χ0n) is 2.83. The van der Waals surface area contributed by atoms with Gasteiger partial charge in [-0.05, 0) is 0 Å². The smallest absolute Gasteiger partial charge is 0 e. The fraction of sp³-hybridized carbons (Fsp3) is 0. The summed E-state index contributed by atoms with van der Waals surface area (Å²) in [6.45, 7) is 0. The van der Waals surface area contributed by atoms with Gasteiger partial charge in [0.25, 0.3) is 0 Å². The number of hydrogen-bond donors (Lipinski definition) is 0. The molecule has 0 heterocycles. The molecule has 0 rings (SSSR count). The van der Waals surface area contributed by atoms with E-state index >= 15 is 0 Å². The first kappa shape index (κ1) is 38.7. The third-order valence-electron chi connectivity index (χ3n) is 0. The molecule has 0 saturated carbocycles. The second-order valence-electron chi connectivity index (χ2n) is 0. The van der Waals surface area contributed by atoms with Crippen molar-refractivity contribution in [2.24, 2.45) is 0 Å². The third-order valence-corrected chi connectivity index (χ3v) is 0. The van der Waals surface area contributed by atoms with E-state index in [-0.39, 0.29) is 109 Å². The summed E-state index contributed by atoms with van der Waals surface area (Å²) >= 11 is 0. The van der Waals surface area contributed by atoms with Crippen LogP contribution in [-0.4, -0.2) is 51.2 Å². The van der Waals surface area contributed by atoms with Gasteiger partial charge in [0.2, 0.25) is 0 Å². The molecule has 5 heteroatoms. The van der Waals surface area contributed by atoms with Crippen LogP contribution in [0.4, 0.5) is 0 Å². The molecule has 0 aliphatic rings. The SMILES string of the molecule is [Cu].[PbH2].[SnH2].[W].[Zn]. The molecule has 0 bridgehead atoms. The maximum atomic E-state index is 0. The van der Waals surface area contributed by atoms with E-state index in [1.54, 1.807) is 0 Å². The van der Waals surface area contributed by atoms with Crippen molar-refractivity contribution in [3.8, 4) is 0 Å². The Hall–Kier alpha value is 3.55. The Morgan fingerprint density at radius 3 is 1.00 bits per heavy atom. The summed E-state index contributed by atoms with van der Waals surface area (Å²) in [5, 5.41) is 0. The van der Waals surface area contributed by atoms with Gasteiger partial charge in [0.05, 0.1) is 0 Å². The summed E-state index contributed by atoms with van der Waals surface area (Å²) in [6, 6.07) is 0. The predicted octanol–water partition coefficient (Wildman–Crippen LogP) is -1.84. The van der Waals surface area contributed by atoms with Crippen LogP contribution >= 0.6 is 0 Å². The molecule has 0 aliphatic heterocycles. The molecule has 0 spiro atoms. The Labute approximate surface area is 107 Å². The fourth-order valence-electron chi connectivity index (χ4n) is 0. The molecule has 0 saturated heterocycles. The molecule has 0 atom stereocenters. The summed E-state index contributed by atoms with van der Waals surface area (Å²) < 4.78 is 0. The molecule has 5 heavy (non-hydrogen) atoms. The van der Waals surface area contributed by atoms with Gasteiger partial charge in [-0.15, -0.1) is 0 Å². The van der Waals surface area contributed by atoms with Gasteiger partial charge in [-0.25, -0.2) is 0 Å². The van der Waals surface area contributed by atoms with Crippen LogP contribution in [-0.2, 0) is 57.6 Å². The average molecular weight is 643 g/mol. The standard InChI is InChI=1S/Cu.Pb.Sn.W.Zn.4H. The molecule has 0 aromatic heterocycles. The van der Waals surface area contributed by atoms with Crippen LogP contribution in [0.2, 0.25) is 0 Å². The molecule has 0 aliphatic carbocycles. The van der Waals surface area contributed by atoms with E-state index in [0.29, 0.717) is 0 Å². The van der Waals surface area contributed by atoms with E-state index < -0.39 is 0 Å². The van der Waals surface area contributed by atoms with Crippen molar-refractivity contribution in [2.75, 3.05) is 0 Å². The minimum Gasteiger partial charge on any atom is 0 e. The van der Waals surface area contributed by atoms with Crippen LogP contribution in [0.3, 0.4) is 0 Å². The molecule has 0 aromatic rings. The summed E-state index contributed by atoms with van der Waals surface area (Å²) in [5.41, 5.74) is 0. The summed E-state index contributed by atoms with van der Waals surface area (Å²) in [5.74, 6) is 0. The first-order chi connectivity index (χ1) is 0. The largest absolute Gasteiger partial charge is 0 e. The Bertz CT molecular complexity index is 11.6. The van der Waals surface area contributed by atoms with E-state index in [4.69, 9.17) is 0 Å². The monoisotopic (exact) mass is 643 g/mol. The molecule has 5 radical (unpaired) electrons. The van der Waals surface area contributed by atoms with Crippen LogP contribution in [0.15, 0.2) is 0 Å². The van der Waals surface area contributed by atoms with Crippen LogP contribution < -0.4 is 0 Å². The molecule has 0 nitrogen and oxygen atoms in total. The topological polar surface area (TPSA) is 0 Å². The van der Waals surface area contributed by atoms with Gasteiger partial charge >= 0.3 is 51.2 Å². The van der Waals surface area contributed by atoms with Gasteiger partial charge in [-0.1, -0.05) is 0 Å². The van der Waals surface area contributed by atoms with E-state index in [2.05, 4.69) is 0 Å². The Morgan fingerprint density at radius 2 is 1.00 bits per heavy atom. The first-order valence-corrected chi connectivity index (χ1v) is 0. The second-order valence-corrected chi connectivity index (χ2v) is 0. The molecular formula is H4CuPbSnWZn. The molecular weight excluding hydrogens is 639 g/mol. The minimum absolute atomic E-state index is 0. The molecule has 0 aromatic carbocycles. The van der Waals surface area contributed by atoms with Gasteiger partial charge in [0.15, 0.2) is 0 Å². The van der Waals surface area contributed by atoms with Crippen molar-refractivity contribution in [1.29, 1.82) is 0 Å². The van der Waals surface area contributed by atoms with Crippen LogP contribution in [0.5, 0.6) is 0 Å². The maximum absolute atomic E-state index is 0. The van der Waals surface area contributed by atoms with Crippen molar-refractivity contribution < 1.29 is 57.6 Å². The predicted molar refractivity (Wildman–Crippen MR) is 17.1 cm³/mol. The van der Waals surface area contributed by atoms with Crippen molar-refractivity contribution in [3.05, 3.63) is 0 Å². The zero-order chi connectivity index (χ0) is 0. The average Bonchev–Trinajstić information content (AvgIpc) is 0. The van der Waals surface area contributed by atoms with Gasteiger partial charge in [0, 0.05) is 57.6 Å². The molecule has 0 N–H and O–H groups in total. The summed E-state index contributed by atoms with van der Waals surface area (Å²) in [4.78, 5) is 0. The maximum Gasteiger partial charge on any atom is 0 e. The van der Waals surface area contributed by atoms with Crippen molar-refractivity contribution in [3.63, 3.8) is 0 Å². The van der Waals surface area contributed by atoms with Crippen molar-refractivity contribution in [1.82, 2.24) is 0 Å². The first-order valence-electron chi connectivity index (χ1n) is 0. The molecule has 31 valence electrons. The Balaban J connectivity index is 0. The Kier molecular flexibility index (Phi) is 199. The molecule has 0 fully saturated rings. The van der Waals surface area contributed by atoms with E-state index in [1.165, 1.54) is 0 Å². The zero-order valence-corrected chi connectivity index (χ0v) is 19.2. The molecule has 0 unspecified atom stereocenters. The van der Waals surface area contributed by atoms with Crippen LogP contribution in [0.25, 0.3) is 0 Å². The second kappa shape index (κ2) is 25.7. The van der Waals surface area contributed by atoms with E-state index in [0.717, 1.165) is 0 Å². The fourth-order valence-corrected chi connectivity index (χ4v) is 0.